The van der Waals surface area contributed by atoms with Crippen molar-refractivity contribution in [1.29, 1.82) is 0 Å². The Morgan fingerprint density at radius 3 is 2.94 bits per heavy atom. The van der Waals surface area contributed by atoms with Crippen LogP contribution in [0, 0.1) is 0 Å². The van der Waals surface area contributed by atoms with E-state index in [0.717, 1.165) is 0 Å². The predicted molar refractivity (Wildman–Crippen MR) is 61.4 cm³/mol. The van der Waals surface area contributed by atoms with E-state index >= 15 is 0 Å². The number of aromatic carboxylic acids is 1. The highest BCUT2D eigenvalue weighted by atomic mass is 16.5. The van der Waals surface area contributed by atoms with Crippen molar-refractivity contribution in [1.82, 2.24) is 9.55 Å². The molecule has 6 nitrogen and oxygen atoms in total. The molecule has 1 aromatic heterocycles. The van der Waals surface area contributed by atoms with Gasteiger partial charge in [-0.05, 0) is 18.2 Å². The van der Waals surface area contributed by atoms with Crippen LogP contribution in [0.15, 0.2) is 23.0 Å². The summed E-state index contributed by atoms with van der Waals surface area (Å²) >= 11 is 0. The molecule has 1 heterocycles. The number of imidazole rings is 1. The highest BCUT2D eigenvalue weighted by Crippen LogP contribution is 2.12. The number of H-pyrrole nitrogens is 1. The molecule has 2 aromatic rings. The maximum absolute atomic E-state index is 11.6. The van der Waals surface area contributed by atoms with Crippen molar-refractivity contribution < 1.29 is 14.6 Å². The van der Waals surface area contributed by atoms with Crippen LogP contribution in [-0.4, -0.2) is 34.3 Å². The summed E-state index contributed by atoms with van der Waals surface area (Å²) in [5.74, 6) is -1.01. The highest BCUT2D eigenvalue weighted by molar-refractivity contribution is 5.92. The van der Waals surface area contributed by atoms with E-state index in [0.29, 0.717) is 24.2 Å². The number of rotatable bonds is 4. The number of carboxylic acid groups (broad SMARTS) is 1. The number of hydrogen-bond acceptors (Lipinski definition) is 3. The first kappa shape index (κ1) is 11.4. The fourth-order valence-electron chi connectivity index (χ4n) is 1.69. The van der Waals surface area contributed by atoms with Crippen LogP contribution in [0.1, 0.15) is 10.4 Å². The van der Waals surface area contributed by atoms with Gasteiger partial charge in [0.2, 0.25) is 0 Å². The van der Waals surface area contributed by atoms with Gasteiger partial charge in [0, 0.05) is 7.11 Å². The van der Waals surface area contributed by atoms with Crippen LogP contribution in [0.4, 0.5) is 0 Å². The Balaban J connectivity index is 2.57. The summed E-state index contributed by atoms with van der Waals surface area (Å²) < 4.78 is 6.37. The standard InChI is InChI=1S/C11H12N2O4/c1-17-5-4-13-9-6-7(10(14)15)2-3-8(9)12-11(13)16/h2-3,6H,4-5H2,1H3,(H,12,16)(H,14,15). The van der Waals surface area contributed by atoms with Gasteiger partial charge >= 0.3 is 11.7 Å². The van der Waals surface area contributed by atoms with Gasteiger partial charge in [0.05, 0.1) is 29.7 Å². The van der Waals surface area contributed by atoms with Crippen molar-refractivity contribution in [3.63, 3.8) is 0 Å². The van der Waals surface area contributed by atoms with E-state index in [9.17, 15) is 9.59 Å². The van der Waals surface area contributed by atoms with Gasteiger partial charge in [-0.15, -0.1) is 0 Å². The monoisotopic (exact) mass is 236 g/mol. The maximum atomic E-state index is 11.6. The Hall–Kier alpha value is -2.08. The molecule has 0 aliphatic rings. The Labute approximate surface area is 96.4 Å². The SMILES string of the molecule is COCCn1c(=O)[nH]c2ccc(C(=O)O)cc21. The number of aromatic amines is 1. The largest absolute Gasteiger partial charge is 0.478 e. The molecular formula is C11H12N2O4. The Morgan fingerprint density at radius 1 is 1.53 bits per heavy atom. The summed E-state index contributed by atoms with van der Waals surface area (Å²) in [4.78, 5) is 25.1. The molecule has 0 radical (unpaired) electrons. The van der Waals surface area contributed by atoms with Gasteiger partial charge in [-0.25, -0.2) is 9.59 Å². The van der Waals surface area contributed by atoms with E-state index in [4.69, 9.17) is 9.84 Å². The van der Waals surface area contributed by atoms with Crippen molar-refractivity contribution >= 4 is 17.0 Å². The lowest BCUT2D eigenvalue weighted by Gasteiger charge is -2.02. The van der Waals surface area contributed by atoms with Gasteiger partial charge in [-0.3, -0.25) is 4.57 Å². The lowest BCUT2D eigenvalue weighted by molar-refractivity contribution is 0.0697. The number of hydrogen-bond donors (Lipinski definition) is 2. The first-order valence-electron chi connectivity index (χ1n) is 5.08. The third kappa shape index (κ3) is 2.07. The zero-order valence-corrected chi connectivity index (χ0v) is 9.27. The summed E-state index contributed by atoms with van der Waals surface area (Å²) in [7, 11) is 1.54. The molecule has 2 rings (SSSR count). The number of carboxylic acids is 1. The van der Waals surface area contributed by atoms with Gasteiger partial charge in [-0.2, -0.15) is 0 Å². The molecule has 0 amide bonds. The number of methoxy groups -OCH3 is 1. The molecule has 0 aliphatic heterocycles. The maximum Gasteiger partial charge on any atom is 0.335 e. The molecule has 0 aliphatic carbocycles. The minimum Gasteiger partial charge on any atom is -0.478 e. The van der Waals surface area contributed by atoms with Gasteiger partial charge in [-0.1, -0.05) is 0 Å². The molecular weight excluding hydrogens is 224 g/mol. The Kier molecular flexibility index (Phi) is 2.97. The normalized spacial score (nSPS) is 10.9. The third-order valence-electron chi connectivity index (χ3n) is 2.54. The Bertz CT molecular complexity index is 611. The van der Waals surface area contributed by atoms with E-state index < -0.39 is 5.97 Å². The smallest absolute Gasteiger partial charge is 0.335 e. The molecule has 90 valence electrons. The van der Waals surface area contributed by atoms with Crippen LogP contribution < -0.4 is 5.69 Å². The highest BCUT2D eigenvalue weighted by Gasteiger charge is 2.09. The number of ether oxygens (including phenoxy) is 1. The molecule has 0 spiro atoms. The summed E-state index contributed by atoms with van der Waals surface area (Å²) in [6.07, 6.45) is 0. The van der Waals surface area contributed by atoms with Crippen LogP contribution >= 0.6 is 0 Å². The van der Waals surface area contributed by atoms with Crippen LogP contribution in [0.3, 0.4) is 0 Å². The van der Waals surface area contributed by atoms with Crippen molar-refractivity contribution in [2.75, 3.05) is 13.7 Å². The Morgan fingerprint density at radius 2 is 2.29 bits per heavy atom. The van der Waals surface area contributed by atoms with E-state index in [1.807, 2.05) is 0 Å². The van der Waals surface area contributed by atoms with Crippen molar-refractivity contribution in [2.45, 2.75) is 6.54 Å². The van der Waals surface area contributed by atoms with Gasteiger partial charge in [0.1, 0.15) is 0 Å². The number of benzene rings is 1. The summed E-state index contributed by atoms with van der Waals surface area (Å²) in [5, 5.41) is 8.90. The molecule has 0 bridgehead atoms. The number of aromatic nitrogens is 2. The average molecular weight is 236 g/mol. The molecule has 0 atom stereocenters. The van der Waals surface area contributed by atoms with Crippen LogP contribution in [0.5, 0.6) is 0 Å². The van der Waals surface area contributed by atoms with E-state index in [1.165, 1.54) is 16.7 Å². The first-order chi connectivity index (χ1) is 8.13. The van der Waals surface area contributed by atoms with Crippen LogP contribution in [0.25, 0.3) is 11.0 Å². The molecule has 0 unspecified atom stereocenters. The second-order valence-corrected chi connectivity index (χ2v) is 3.61. The average Bonchev–Trinajstić information content (AvgIpc) is 2.61. The van der Waals surface area contributed by atoms with Crippen LogP contribution in [0.2, 0.25) is 0 Å². The second kappa shape index (κ2) is 4.42. The fourth-order valence-corrected chi connectivity index (χ4v) is 1.69. The summed E-state index contributed by atoms with van der Waals surface area (Å²) in [6.45, 7) is 0.780. The number of fused-ring (bicyclic) bond motifs is 1. The molecule has 0 saturated heterocycles. The number of nitrogens with zero attached hydrogens (tertiary/aromatic N) is 1. The minimum absolute atomic E-state index is 0.155. The predicted octanol–water partition coefficient (Wildman–Crippen LogP) is 0.674. The van der Waals surface area contributed by atoms with Crippen molar-refractivity contribution in [3.05, 3.63) is 34.2 Å². The molecule has 0 fully saturated rings. The summed E-state index contributed by atoms with van der Waals surface area (Å²) in [5.41, 5.74) is 1.09. The number of carbonyl (C=O) groups is 1. The zero-order chi connectivity index (χ0) is 12.4. The van der Waals surface area contributed by atoms with Gasteiger partial charge in [0.15, 0.2) is 0 Å². The molecule has 0 saturated carbocycles. The van der Waals surface area contributed by atoms with E-state index in [-0.39, 0.29) is 11.3 Å². The zero-order valence-electron chi connectivity index (χ0n) is 9.27. The number of nitrogens with one attached hydrogen (secondary N) is 1. The van der Waals surface area contributed by atoms with Gasteiger partial charge < -0.3 is 14.8 Å². The third-order valence-corrected chi connectivity index (χ3v) is 2.54. The molecule has 6 heteroatoms. The second-order valence-electron chi connectivity index (χ2n) is 3.61. The van der Waals surface area contributed by atoms with Crippen molar-refractivity contribution in [2.24, 2.45) is 0 Å². The topological polar surface area (TPSA) is 84.3 Å². The molecule has 17 heavy (non-hydrogen) atoms. The first-order valence-corrected chi connectivity index (χ1v) is 5.08. The van der Waals surface area contributed by atoms with Crippen LogP contribution in [-0.2, 0) is 11.3 Å². The van der Waals surface area contributed by atoms with E-state index in [1.54, 1.807) is 13.2 Å². The molecule has 1 aromatic carbocycles. The quantitative estimate of drug-likeness (QED) is 0.817. The fraction of sp³-hybridized carbons (Fsp3) is 0.273. The van der Waals surface area contributed by atoms with Crippen molar-refractivity contribution in [3.8, 4) is 0 Å². The lowest BCUT2D eigenvalue weighted by Crippen LogP contribution is -2.19. The van der Waals surface area contributed by atoms with E-state index in [2.05, 4.69) is 4.98 Å². The van der Waals surface area contributed by atoms with Gasteiger partial charge in [0.25, 0.3) is 0 Å². The molecule has 2 N–H and O–H groups in total. The summed E-state index contributed by atoms with van der Waals surface area (Å²) in [6, 6.07) is 4.52. The lowest BCUT2D eigenvalue weighted by atomic mass is 10.2. The minimum atomic E-state index is -1.01.